The summed E-state index contributed by atoms with van der Waals surface area (Å²) in [5, 5.41) is 51.9. The summed E-state index contributed by atoms with van der Waals surface area (Å²) >= 11 is 0. The minimum atomic E-state index is -1.65. The first-order valence-electron chi connectivity index (χ1n) is 47.3. The number of carbonyl (C=O) groups excluding carboxylic acids is 12. The molecule has 21 unspecified atom stereocenters. The van der Waals surface area contributed by atoms with Gasteiger partial charge in [-0.25, -0.2) is 4.79 Å². The normalized spacial score (nSPS) is 29.9. The Morgan fingerprint density at radius 3 is 2.13 bits per heavy atom. The Balaban J connectivity index is 0.758. The lowest BCUT2D eigenvalue weighted by atomic mass is 9.47. The number of hydrogen-bond donors (Lipinski definition) is 13. The number of amides is 12. The van der Waals surface area contributed by atoms with Crippen molar-refractivity contribution in [3.8, 4) is 5.75 Å². The van der Waals surface area contributed by atoms with Crippen molar-refractivity contribution in [3.63, 3.8) is 0 Å². The molecule has 5 aliphatic carbocycles. The summed E-state index contributed by atoms with van der Waals surface area (Å²) in [4.78, 5) is 184. The maximum atomic E-state index is 15.8. The molecule has 10 aliphatic rings. The fourth-order valence-corrected chi connectivity index (χ4v) is 24.6. The summed E-state index contributed by atoms with van der Waals surface area (Å²) in [6, 6.07) is 4.71. The highest BCUT2D eigenvalue weighted by Crippen LogP contribution is 2.67. The van der Waals surface area contributed by atoms with E-state index in [1.807, 2.05) is 86.1 Å². The first-order valence-corrected chi connectivity index (χ1v) is 49.8. The number of likely N-dealkylation sites (tertiary alicyclic amines) is 2. The first-order chi connectivity index (χ1) is 62.2. The molecule has 5 aliphatic heterocycles. The molecule has 3 aromatic carbocycles. The van der Waals surface area contributed by atoms with Gasteiger partial charge in [-0.3, -0.25) is 52.7 Å². The number of aliphatic hydroxyl groups excluding tert-OH is 1. The lowest BCUT2D eigenvalue weighted by Crippen LogP contribution is -2.62. The predicted molar refractivity (Wildman–Crippen MR) is 501 cm³/mol. The standard InChI is InChI=1S/C99H136N14O15S2/c1-57(2)20-16-21-59(5)72-38-39-73-71-37-34-67-52-69(40-42-98(67,7)74(71)41-43-99(72,73)8)128-97(127)101-44-15-14-27-76-87(117)109-84(58(3)4)94(124)108-81(92(122)110-85(60(6)114)86(100)116)56-130-129-55-80(91(121)104-77(49-61-31-35-68(115)36-32-61)88(118)105-79(90(120)103-76)51-66-53-102-75-26-13-12-25-70(66)75)107-89(119)78(50-62-30-33-63-22-10-11-23-64(63)48-62)106-93(123)82-28-18-46-112(82)96(126)83-29-19-47-113(83)95(125)65-24-17-45-111(9)54-65/h10-13,17,22-23,25-26,30-36,45,48,53-54,57-60,69-85,102,114-115H,14-16,18-21,24,27-29,37-44,46-47,49-52,55-56H2,1-9H3,(H2,100,116)(H,101,127)(H,103,120)(H,104,121)(H,105,118)(H,106,123)(H,107,119)(H,108,124)(H,109,117)(H,110,122). The number of rotatable bonds is 28. The summed E-state index contributed by atoms with van der Waals surface area (Å²) < 4.78 is 6.21. The Bertz CT molecular complexity index is 4840. The number of primary amides is 1. The van der Waals surface area contributed by atoms with Gasteiger partial charge in [-0.2, -0.15) is 0 Å². The van der Waals surface area contributed by atoms with Crippen molar-refractivity contribution in [1.82, 2.24) is 67.9 Å². The summed E-state index contributed by atoms with van der Waals surface area (Å²) in [5.74, 6) is -6.20. The minimum absolute atomic E-state index is 0.0430. The highest BCUT2D eigenvalue weighted by molar-refractivity contribution is 8.76. The fourth-order valence-electron chi connectivity index (χ4n) is 22.3. The van der Waals surface area contributed by atoms with Gasteiger partial charge in [0.25, 0.3) is 5.91 Å². The van der Waals surface area contributed by atoms with E-state index < -0.39 is 138 Å². The van der Waals surface area contributed by atoms with Gasteiger partial charge >= 0.3 is 6.09 Å². The maximum absolute atomic E-state index is 15.8. The Morgan fingerprint density at radius 1 is 0.692 bits per heavy atom. The Morgan fingerprint density at radius 2 is 1.39 bits per heavy atom. The summed E-state index contributed by atoms with van der Waals surface area (Å²) in [6.07, 6.45) is 29.3. The van der Waals surface area contributed by atoms with Crippen LogP contribution in [0.5, 0.6) is 5.75 Å². The molecule has 130 heavy (non-hydrogen) atoms. The zero-order valence-electron chi connectivity index (χ0n) is 76.7. The van der Waals surface area contributed by atoms with Gasteiger partial charge in [-0.15, -0.1) is 0 Å². The van der Waals surface area contributed by atoms with Gasteiger partial charge in [0.1, 0.15) is 72.3 Å². The van der Waals surface area contributed by atoms with Gasteiger partial charge in [0.2, 0.25) is 59.1 Å². The monoisotopic (exact) mass is 1820 g/mol. The molecule has 13 rings (SSSR count). The minimum Gasteiger partial charge on any atom is -0.508 e. The molecule has 0 bridgehead atoms. The summed E-state index contributed by atoms with van der Waals surface area (Å²) in [7, 11) is 3.72. The summed E-state index contributed by atoms with van der Waals surface area (Å²) in [6.45, 7) is 17.5. The number of phenols is 1. The van der Waals surface area contributed by atoms with Crippen molar-refractivity contribution in [2.75, 3.05) is 38.2 Å². The first kappa shape index (κ1) is 97.4. The smallest absolute Gasteiger partial charge is 0.407 e. The molecular weight excluding hydrogens is 1690 g/mol. The molecule has 5 heterocycles. The number of aromatic hydroxyl groups is 1. The highest BCUT2D eigenvalue weighted by Gasteiger charge is 2.60. The number of allylic oxidation sites excluding steroid dienone is 4. The second-order valence-electron chi connectivity index (χ2n) is 39.2. The fraction of sp³-hybridized carbons (Fsp3) is 0.596. The van der Waals surface area contributed by atoms with Gasteiger partial charge in [0.05, 0.1) is 12.1 Å². The van der Waals surface area contributed by atoms with Crippen molar-refractivity contribution in [3.05, 3.63) is 150 Å². The lowest BCUT2D eigenvalue weighted by molar-refractivity contribution is -0.146. The average molecular weight is 1830 g/mol. The van der Waals surface area contributed by atoms with Crippen LogP contribution in [0, 0.1) is 58.2 Å². The van der Waals surface area contributed by atoms with E-state index in [4.69, 9.17) is 10.5 Å². The van der Waals surface area contributed by atoms with Crippen LogP contribution >= 0.6 is 21.6 Å². The van der Waals surface area contributed by atoms with E-state index >= 15 is 33.6 Å². The quantitative estimate of drug-likeness (QED) is 0.0183. The largest absolute Gasteiger partial charge is 0.508 e. The number of benzene rings is 3. The molecule has 14 N–H and O–H groups in total. The van der Waals surface area contributed by atoms with E-state index in [2.05, 4.69) is 93.9 Å². The number of unbranched alkanes of at least 4 members (excludes halogenated alkanes) is 1. The number of carbonyl (C=O) groups is 12. The average Bonchev–Trinajstić information content (AvgIpc) is 1.34. The third-order valence-corrected chi connectivity index (χ3v) is 31.9. The van der Waals surface area contributed by atoms with Crippen LogP contribution < -0.4 is 58.9 Å². The van der Waals surface area contributed by atoms with Gasteiger partial charge in [-0.05, 0) is 214 Å². The number of phenolic OH excluding ortho intramolecular Hbond substituents is 1. The third kappa shape index (κ3) is 23.7. The Kier molecular flexibility index (Phi) is 32.9. The topological polar surface area (TPSA) is 411 Å². The van der Waals surface area contributed by atoms with Crippen LogP contribution in [-0.4, -0.2) is 213 Å². The van der Waals surface area contributed by atoms with Crippen LogP contribution in [0.15, 0.2) is 139 Å². The third-order valence-electron chi connectivity index (χ3n) is 29.5. The molecule has 704 valence electrons. The van der Waals surface area contributed by atoms with Crippen LogP contribution in [-0.2, 0) is 70.3 Å². The number of ether oxygens (including phenoxy) is 1. The van der Waals surface area contributed by atoms with Crippen molar-refractivity contribution >= 4 is 103 Å². The predicted octanol–water partition coefficient (Wildman–Crippen LogP) is 9.14. The number of nitrogens with two attached hydrogens (primary N) is 1. The molecule has 6 fully saturated rings. The van der Waals surface area contributed by atoms with Crippen LogP contribution in [0.2, 0.25) is 0 Å². The maximum Gasteiger partial charge on any atom is 0.407 e. The van der Waals surface area contributed by atoms with Crippen molar-refractivity contribution in [1.29, 1.82) is 0 Å². The van der Waals surface area contributed by atoms with Crippen LogP contribution in [0.3, 0.4) is 0 Å². The van der Waals surface area contributed by atoms with E-state index in [9.17, 15) is 34.2 Å². The molecule has 3 aromatic rings. The van der Waals surface area contributed by atoms with Crippen LogP contribution in [0.1, 0.15) is 195 Å². The number of nitrogens with one attached hydrogen (secondary N) is 10. The van der Waals surface area contributed by atoms with E-state index in [1.165, 1.54) is 74.5 Å². The van der Waals surface area contributed by atoms with Gasteiger partial charge in [0, 0.05) is 75.1 Å². The van der Waals surface area contributed by atoms with Crippen molar-refractivity contribution < 1.29 is 72.5 Å². The zero-order chi connectivity index (χ0) is 92.8. The van der Waals surface area contributed by atoms with Gasteiger partial charge in [0.15, 0.2) is 0 Å². The molecule has 3 saturated heterocycles. The Labute approximate surface area is 772 Å². The van der Waals surface area contributed by atoms with Gasteiger partial charge in [-0.1, -0.05) is 186 Å². The van der Waals surface area contributed by atoms with E-state index in [0.29, 0.717) is 90.5 Å². The SMILES string of the molecule is CC(C)CCCC(C)C1CCC2C3CC=C4CC(OC(=O)NCCCCC5NC(=O)C(CC6=CNC7C=CC=CC67)NC(=O)C(Cc6ccc(O)cc6)NC(=O)C(NC(=O)C(Cc6ccc7ccccc7c6)NC(=O)C6CCCN6C(=O)C6CCCN6C(=O)C6=CN(C)C=CC6)CSSCC(C(=O)NC(C(N)=O)C(C)O)NC(=O)C(C(C)C)NC5=O)CCC4(C)C3CCC12C. The van der Waals surface area contributed by atoms with Crippen LogP contribution in [0.25, 0.3) is 10.8 Å². The van der Waals surface area contributed by atoms with Crippen molar-refractivity contribution in [2.24, 2.45) is 63.9 Å². The number of alkyl carbamates (subject to hydrolysis) is 1. The van der Waals surface area contributed by atoms with E-state index in [-0.39, 0.29) is 98.3 Å². The van der Waals surface area contributed by atoms with Crippen LogP contribution in [0.4, 0.5) is 4.79 Å². The molecule has 31 heteroatoms. The number of fused-ring (bicyclic) bond motifs is 7. The molecule has 3 saturated carbocycles. The molecule has 29 nitrogen and oxygen atoms in total. The van der Waals surface area contributed by atoms with E-state index in [1.54, 1.807) is 48.2 Å². The second kappa shape index (κ2) is 43.9. The highest BCUT2D eigenvalue weighted by atomic mass is 33.1. The molecule has 0 radical (unpaired) electrons. The van der Waals surface area contributed by atoms with Gasteiger partial charge < -0.3 is 88.6 Å². The number of aliphatic hydroxyl groups is 1. The molecular formula is C99H136N14O15S2. The zero-order valence-corrected chi connectivity index (χ0v) is 78.3. The molecule has 0 aromatic heterocycles. The molecule has 21 atom stereocenters. The number of nitrogens with zero attached hydrogens (tertiary/aromatic N) is 3. The van der Waals surface area contributed by atoms with E-state index in [0.717, 1.165) is 69.4 Å². The number of hydrogen-bond acceptors (Lipinski definition) is 19. The van der Waals surface area contributed by atoms with Crippen molar-refractivity contribution in [2.45, 2.75) is 275 Å². The molecule has 0 spiro atoms. The lowest BCUT2D eigenvalue weighted by Gasteiger charge is -2.58. The molecule has 12 amide bonds. The second-order valence-corrected chi connectivity index (χ2v) is 41.8. The summed E-state index contributed by atoms with van der Waals surface area (Å²) in [5.41, 5.74) is 9.77. The Hall–Kier alpha value is -10.1.